The van der Waals surface area contributed by atoms with Gasteiger partial charge in [0.2, 0.25) is 0 Å². The smallest absolute Gasteiger partial charge is 0.382 e. The number of hydrogen-bond donors (Lipinski definition) is 2. The molecule has 0 aromatic rings. The second-order valence-electron chi connectivity index (χ2n) is 6.22. The second kappa shape index (κ2) is 9.36. The fourth-order valence-corrected chi connectivity index (χ4v) is 4.31. The molecule has 0 aromatic carbocycles. The van der Waals surface area contributed by atoms with Gasteiger partial charge in [-0.05, 0) is 13.8 Å². The van der Waals surface area contributed by atoms with Gasteiger partial charge >= 0.3 is 15.6 Å². The van der Waals surface area contributed by atoms with E-state index in [4.69, 9.17) is 43.5 Å². The number of phosphoric ester groups is 2. The molecule has 0 bridgehead atoms. The molecule has 2 N–H and O–H groups in total. The van der Waals surface area contributed by atoms with Gasteiger partial charge in [0.1, 0.15) is 40.1 Å². The van der Waals surface area contributed by atoms with Crippen molar-refractivity contribution in [2.45, 2.75) is 56.4 Å². The maximum atomic E-state index is 12.4. The van der Waals surface area contributed by atoms with E-state index in [1.807, 2.05) is 0 Å². The molecule has 6 unspecified atom stereocenters. The van der Waals surface area contributed by atoms with Crippen LogP contribution in [0.3, 0.4) is 0 Å². The Labute approximate surface area is 160 Å². The average Bonchev–Trinajstić information content (AvgIpc) is 3.04. The van der Waals surface area contributed by atoms with E-state index in [1.54, 1.807) is 13.8 Å². The molecule has 0 aliphatic carbocycles. The first-order valence-corrected chi connectivity index (χ1v) is 11.1. The van der Waals surface area contributed by atoms with Crippen LogP contribution in [0.1, 0.15) is 13.8 Å². The molecule has 0 saturated carbocycles. The van der Waals surface area contributed by atoms with Crippen molar-refractivity contribution in [2.24, 2.45) is 0 Å². The highest BCUT2D eigenvalue weighted by atomic mass is 31.2. The fraction of sp³-hybridized carbons (Fsp3) is 1.00. The highest BCUT2D eigenvalue weighted by Gasteiger charge is 2.47. The van der Waals surface area contributed by atoms with E-state index in [1.165, 1.54) is 0 Å². The summed E-state index contributed by atoms with van der Waals surface area (Å²) >= 11 is 0. The number of ether oxygens (including phenoxy) is 3. The third kappa shape index (κ3) is 6.62. The van der Waals surface area contributed by atoms with Crippen molar-refractivity contribution >= 4 is 31.3 Å². The van der Waals surface area contributed by atoms with Gasteiger partial charge in [-0.15, -0.1) is 0 Å². The van der Waals surface area contributed by atoms with Crippen molar-refractivity contribution < 1.29 is 51.2 Å². The van der Waals surface area contributed by atoms with Crippen molar-refractivity contribution in [3.8, 4) is 0 Å². The molecule has 11 nitrogen and oxygen atoms in total. The molecule has 2 aliphatic rings. The summed E-state index contributed by atoms with van der Waals surface area (Å²) in [5.41, 5.74) is 0. The van der Waals surface area contributed by atoms with E-state index in [0.29, 0.717) is 0 Å². The minimum absolute atomic E-state index is 0.0882. The van der Waals surface area contributed by atoms with Crippen LogP contribution in [0.4, 0.5) is 0 Å². The first-order chi connectivity index (χ1) is 12.4. The van der Waals surface area contributed by atoms with Crippen molar-refractivity contribution in [3.05, 3.63) is 0 Å². The predicted molar refractivity (Wildman–Crippen MR) is 92.3 cm³/mol. The maximum Gasteiger partial charge on any atom is 0.473 e. The van der Waals surface area contributed by atoms with E-state index in [0.717, 1.165) is 7.11 Å². The van der Waals surface area contributed by atoms with E-state index in [2.05, 4.69) is 4.52 Å². The molecule has 2 heterocycles. The van der Waals surface area contributed by atoms with Gasteiger partial charge < -0.3 is 24.0 Å². The van der Waals surface area contributed by atoms with Gasteiger partial charge in [-0.1, -0.05) is 0 Å². The lowest BCUT2D eigenvalue weighted by atomic mass is 9.93. The van der Waals surface area contributed by atoms with Gasteiger partial charge in [-0.3, -0.25) is 18.1 Å². The van der Waals surface area contributed by atoms with Crippen LogP contribution in [-0.2, 0) is 41.4 Å². The molecule has 4 radical (unpaired) electrons. The molecule has 0 spiro atoms. The monoisotopic (exact) mass is 426 g/mol. The van der Waals surface area contributed by atoms with Gasteiger partial charge in [0.05, 0.1) is 19.3 Å². The third-order valence-corrected chi connectivity index (χ3v) is 5.78. The van der Waals surface area contributed by atoms with Crippen LogP contribution < -0.4 is 0 Å². The van der Waals surface area contributed by atoms with Crippen LogP contribution in [-0.4, -0.2) is 88.3 Å². The second-order valence-corrected chi connectivity index (χ2v) is 9.09. The van der Waals surface area contributed by atoms with Crippen LogP contribution in [0.15, 0.2) is 0 Å². The van der Waals surface area contributed by atoms with Crippen LogP contribution in [0.25, 0.3) is 0 Å². The van der Waals surface area contributed by atoms with Crippen molar-refractivity contribution in [1.82, 2.24) is 0 Å². The summed E-state index contributed by atoms with van der Waals surface area (Å²) in [5, 5.41) is 0. The quantitative estimate of drug-likeness (QED) is 0.376. The minimum atomic E-state index is -4.71. The van der Waals surface area contributed by atoms with Crippen LogP contribution >= 0.6 is 15.6 Å². The maximum absolute atomic E-state index is 12.4. The summed E-state index contributed by atoms with van der Waals surface area (Å²) in [5.74, 6) is 0. The Kier molecular flexibility index (Phi) is 8.15. The average molecular weight is 426 g/mol. The Morgan fingerprint density at radius 2 is 1.41 bits per heavy atom. The zero-order valence-electron chi connectivity index (χ0n) is 15.1. The Morgan fingerprint density at radius 1 is 0.926 bits per heavy atom. The topological polar surface area (TPSA) is 139 Å². The zero-order valence-corrected chi connectivity index (χ0v) is 16.9. The Balaban J connectivity index is 2.03. The summed E-state index contributed by atoms with van der Waals surface area (Å²) in [4.78, 5) is 19.5. The van der Waals surface area contributed by atoms with Crippen LogP contribution in [0.5, 0.6) is 0 Å². The number of hydrogen-bond acceptors (Lipinski definition) is 9. The lowest BCUT2D eigenvalue weighted by Crippen LogP contribution is -2.38. The summed E-state index contributed by atoms with van der Waals surface area (Å²) in [7, 11) is 3.27. The Hall–Kier alpha value is 0.230. The van der Waals surface area contributed by atoms with Gasteiger partial charge in [-0.25, -0.2) is 9.13 Å². The summed E-state index contributed by atoms with van der Waals surface area (Å²) in [6.07, 6.45) is -4.59. The molecule has 27 heavy (non-hydrogen) atoms. The highest BCUT2D eigenvalue weighted by molar-refractivity contribution is 7.47. The van der Waals surface area contributed by atoms with E-state index < -0.39 is 52.1 Å². The minimum Gasteiger partial charge on any atom is -0.382 e. The molecule has 2 saturated heterocycles. The van der Waals surface area contributed by atoms with Gasteiger partial charge in [-0.2, -0.15) is 0 Å². The van der Waals surface area contributed by atoms with Crippen molar-refractivity contribution in [2.75, 3.05) is 20.3 Å². The van der Waals surface area contributed by atoms with Crippen LogP contribution in [0, 0.1) is 0 Å². The molecule has 15 heteroatoms. The first-order valence-electron chi connectivity index (χ1n) is 8.10. The molecule has 0 amide bonds. The van der Waals surface area contributed by atoms with Gasteiger partial charge in [0.15, 0.2) is 0 Å². The molecule has 2 rings (SSSR count). The van der Waals surface area contributed by atoms with Gasteiger partial charge in [0, 0.05) is 19.1 Å². The normalized spacial score (nSPS) is 38.7. The lowest BCUT2D eigenvalue weighted by Gasteiger charge is -2.28. The van der Waals surface area contributed by atoms with Crippen LogP contribution in [0.2, 0.25) is 0 Å². The lowest BCUT2D eigenvalue weighted by molar-refractivity contribution is -0.0544. The zero-order chi connectivity index (χ0) is 20.4. The fourth-order valence-electron chi connectivity index (χ4n) is 2.57. The third-order valence-electron chi connectivity index (χ3n) is 3.74. The molecular formula is C12H22B2O11P2. The summed E-state index contributed by atoms with van der Waals surface area (Å²) < 4.78 is 59.1. The predicted octanol–water partition coefficient (Wildman–Crippen LogP) is -0.168. The Bertz CT molecular complexity index is 594. The Morgan fingerprint density at radius 3 is 1.93 bits per heavy atom. The summed E-state index contributed by atoms with van der Waals surface area (Å²) in [6.45, 7) is 3.18. The molecule has 152 valence electrons. The molecule has 2 fully saturated rings. The van der Waals surface area contributed by atoms with Crippen molar-refractivity contribution in [1.29, 1.82) is 0 Å². The standard InChI is InChI=1S/C12H22B2O11P2/c1-6(2)22-9-7(4-20-11(9)13)24-27(17,18)25-10-8(5-21-12(10)14)23-26(15,16)19-3/h6-12H,4-5H2,1-3H3,(H,15,16)(H,17,18)/t7?,8?,9?,10?,11-,12-/m1/s1. The largest absolute Gasteiger partial charge is 0.473 e. The highest BCUT2D eigenvalue weighted by Crippen LogP contribution is 2.51. The van der Waals surface area contributed by atoms with E-state index >= 15 is 0 Å². The molecule has 0 aromatic heterocycles. The van der Waals surface area contributed by atoms with E-state index in [-0.39, 0.29) is 19.3 Å². The molecular weight excluding hydrogens is 404 g/mol. The van der Waals surface area contributed by atoms with E-state index in [9.17, 15) is 18.9 Å². The molecule has 2 aliphatic heterocycles. The first kappa shape index (κ1) is 23.5. The number of rotatable bonds is 9. The van der Waals surface area contributed by atoms with Crippen molar-refractivity contribution in [3.63, 3.8) is 0 Å². The summed E-state index contributed by atoms with van der Waals surface area (Å²) in [6, 6.07) is -2.03. The SMILES string of the molecule is [B][C@@H]1OCC(OP(=O)(O)OC2C(OP(=O)(O)OC)CO[C@H]2[B])C1OC(C)C. The van der Waals surface area contributed by atoms with Gasteiger partial charge in [0.25, 0.3) is 0 Å². The molecule has 8 atom stereocenters. The number of phosphoric acid groups is 2.